The minimum atomic E-state index is -0.375. The van der Waals surface area contributed by atoms with Crippen molar-refractivity contribution in [3.8, 4) is 0 Å². The molecule has 0 amide bonds. The maximum absolute atomic E-state index is 11.4. The predicted molar refractivity (Wildman–Crippen MR) is 76.8 cm³/mol. The molecule has 0 aliphatic carbocycles. The zero-order valence-corrected chi connectivity index (χ0v) is 11.3. The van der Waals surface area contributed by atoms with Crippen molar-refractivity contribution in [1.29, 1.82) is 0 Å². The highest BCUT2D eigenvalue weighted by Gasteiger charge is 2.06. The van der Waals surface area contributed by atoms with Crippen molar-refractivity contribution in [2.24, 2.45) is 0 Å². The molecule has 0 atom stereocenters. The molecule has 0 saturated heterocycles. The molecule has 0 fully saturated rings. The van der Waals surface area contributed by atoms with Gasteiger partial charge in [0.15, 0.2) is 5.11 Å². The van der Waals surface area contributed by atoms with Gasteiger partial charge >= 0.3 is 5.97 Å². The molecule has 0 aliphatic rings. The number of thiocarbonyl (C=S) groups is 1. The van der Waals surface area contributed by atoms with Gasteiger partial charge in [-0.05, 0) is 37.3 Å². The van der Waals surface area contributed by atoms with Crippen molar-refractivity contribution >= 4 is 29.0 Å². The van der Waals surface area contributed by atoms with E-state index in [9.17, 15) is 4.79 Å². The molecular weight excluding hydrogens is 248 g/mol. The first kappa shape index (κ1) is 14.2. The Morgan fingerprint density at radius 3 is 2.83 bits per heavy atom. The molecule has 18 heavy (non-hydrogen) atoms. The van der Waals surface area contributed by atoms with Crippen LogP contribution in [0.3, 0.4) is 0 Å². The third-order valence-electron chi connectivity index (χ3n) is 2.09. The van der Waals surface area contributed by atoms with Gasteiger partial charge in [-0.25, -0.2) is 4.79 Å². The van der Waals surface area contributed by atoms with Crippen molar-refractivity contribution in [1.82, 2.24) is 5.32 Å². The topological polar surface area (TPSA) is 50.4 Å². The lowest BCUT2D eigenvalue weighted by Crippen LogP contribution is -2.29. The van der Waals surface area contributed by atoms with Gasteiger partial charge in [0, 0.05) is 12.2 Å². The fraction of sp³-hybridized carbons (Fsp3) is 0.231. The van der Waals surface area contributed by atoms with E-state index in [0.29, 0.717) is 17.2 Å². The van der Waals surface area contributed by atoms with E-state index in [1.54, 1.807) is 18.2 Å². The maximum Gasteiger partial charge on any atom is 0.337 e. The Kier molecular flexibility index (Phi) is 5.32. The highest BCUT2D eigenvalue weighted by atomic mass is 32.1. The Hall–Kier alpha value is -1.88. The minimum absolute atomic E-state index is 0.375. The highest BCUT2D eigenvalue weighted by Crippen LogP contribution is 2.11. The SMILES string of the molecule is C=C(C)CNC(=S)Nc1cccc(C(=O)OC)c1. The van der Waals surface area contributed by atoms with Crippen LogP contribution in [0, 0.1) is 0 Å². The molecule has 1 rings (SSSR count). The van der Waals surface area contributed by atoms with E-state index in [-0.39, 0.29) is 5.97 Å². The number of ether oxygens (including phenoxy) is 1. The van der Waals surface area contributed by atoms with Crippen LogP contribution in [0.25, 0.3) is 0 Å². The minimum Gasteiger partial charge on any atom is -0.465 e. The summed E-state index contributed by atoms with van der Waals surface area (Å²) in [4.78, 5) is 11.4. The van der Waals surface area contributed by atoms with E-state index < -0.39 is 0 Å². The second-order valence-corrected chi connectivity index (χ2v) is 4.25. The number of carbonyl (C=O) groups excluding carboxylic acids is 1. The second-order valence-electron chi connectivity index (χ2n) is 3.84. The van der Waals surface area contributed by atoms with Gasteiger partial charge in [0.25, 0.3) is 0 Å². The lowest BCUT2D eigenvalue weighted by molar-refractivity contribution is 0.0601. The molecule has 4 nitrogen and oxygen atoms in total. The Bertz CT molecular complexity index is 472. The maximum atomic E-state index is 11.4. The molecule has 5 heteroatoms. The standard InChI is InChI=1S/C13H16N2O2S/c1-9(2)8-14-13(18)15-11-6-4-5-10(7-11)12(16)17-3/h4-7H,1,8H2,2-3H3,(H2,14,15,18). The van der Waals surface area contributed by atoms with Gasteiger partial charge in [0.1, 0.15) is 0 Å². The Balaban J connectivity index is 2.64. The average molecular weight is 264 g/mol. The van der Waals surface area contributed by atoms with E-state index in [1.165, 1.54) is 7.11 Å². The van der Waals surface area contributed by atoms with Crippen LogP contribution < -0.4 is 10.6 Å². The smallest absolute Gasteiger partial charge is 0.337 e. The van der Waals surface area contributed by atoms with E-state index >= 15 is 0 Å². The van der Waals surface area contributed by atoms with Crippen molar-refractivity contribution in [3.63, 3.8) is 0 Å². The first-order chi connectivity index (χ1) is 8.52. The Morgan fingerprint density at radius 1 is 1.50 bits per heavy atom. The number of hydrogen-bond donors (Lipinski definition) is 2. The van der Waals surface area contributed by atoms with Gasteiger partial charge in [-0.15, -0.1) is 0 Å². The summed E-state index contributed by atoms with van der Waals surface area (Å²) >= 11 is 5.11. The summed E-state index contributed by atoms with van der Waals surface area (Å²) in [5.41, 5.74) is 2.20. The monoisotopic (exact) mass is 264 g/mol. The molecular formula is C13H16N2O2S. The van der Waals surface area contributed by atoms with Crippen LogP contribution >= 0.6 is 12.2 Å². The molecule has 0 unspecified atom stereocenters. The number of hydrogen-bond acceptors (Lipinski definition) is 3. The van der Waals surface area contributed by atoms with Crippen LogP contribution in [0.15, 0.2) is 36.4 Å². The Labute approximate surface area is 112 Å². The van der Waals surface area contributed by atoms with Crippen LogP contribution in [-0.4, -0.2) is 24.7 Å². The molecule has 0 aromatic heterocycles. The van der Waals surface area contributed by atoms with Crippen molar-refractivity contribution in [2.45, 2.75) is 6.92 Å². The van der Waals surface area contributed by atoms with E-state index in [1.807, 2.05) is 13.0 Å². The molecule has 0 aliphatic heterocycles. The van der Waals surface area contributed by atoms with E-state index in [2.05, 4.69) is 21.9 Å². The van der Waals surface area contributed by atoms with E-state index in [0.717, 1.165) is 11.3 Å². The van der Waals surface area contributed by atoms with Crippen molar-refractivity contribution < 1.29 is 9.53 Å². The lowest BCUT2D eigenvalue weighted by atomic mass is 10.2. The average Bonchev–Trinajstić information content (AvgIpc) is 2.35. The summed E-state index contributed by atoms with van der Waals surface area (Å²) in [6, 6.07) is 6.94. The predicted octanol–water partition coefficient (Wildman–Crippen LogP) is 2.34. The highest BCUT2D eigenvalue weighted by molar-refractivity contribution is 7.80. The van der Waals surface area contributed by atoms with Gasteiger partial charge in [0.2, 0.25) is 0 Å². The molecule has 2 N–H and O–H groups in total. The molecule has 0 spiro atoms. The molecule has 0 bridgehead atoms. The lowest BCUT2D eigenvalue weighted by Gasteiger charge is -2.11. The van der Waals surface area contributed by atoms with Crippen LogP contribution in [0.5, 0.6) is 0 Å². The Morgan fingerprint density at radius 2 is 2.22 bits per heavy atom. The normalized spacial score (nSPS) is 9.44. The largest absolute Gasteiger partial charge is 0.465 e. The first-order valence-electron chi connectivity index (χ1n) is 5.40. The molecule has 96 valence electrons. The van der Waals surface area contributed by atoms with Crippen LogP contribution in [0.2, 0.25) is 0 Å². The summed E-state index contributed by atoms with van der Waals surface area (Å²) in [5, 5.41) is 6.47. The molecule has 1 aromatic rings. The molecule has 1 aromatic carbocycles. The summed E-state index contributed by atoms with van der Waals surface area (Å²) in [5.74, 6) is -0.375. The molecule has 0 heterocycles. The van der Waals surface area contributed by atoms with Gasteiger partial charge in [-0.3, -0.25) is 0 Å². The number of benzene rings is 1. The van der Waals surface area contributed by atoms with E-state index in [4.69, 9.17) is 12.2 Å². The number of methoxy groups -OCH3 is 1. The number of anilines is 1. The fourth-order valence-electron chi connectivity index (χ4n) is 1.25. The quantitative estimate of drug-likeness (QED) is 0.496. The van der Waals surface area contributed by atoms with Crippen molar-refractivity contribution in [3.05, 3.63) is 42.0 Å². The summed E-state index contributed by atoms with van der Waals surface area (Å²) in [7, 11) is 1.35. The number of nitrogens with one attached hydrogen (secondary N) is 2. The second kappa shape index (κ2) is 6.76. The fourth-order valence-corrected chi connectivity index (χ4v) is 1.44. The number of esters is 1. The number of carbonyl (C=O) groups is 1. The molecule has 0 radical (unpaired) electrons. The van der Waals surface area contributed by atoms with Gasteiger partial charge in [-0.1, -0.05) is 18.2 Å². The van der Waals surface area contributed by atoms with Crippen LogP contribution in [0.4, 0.5) is 5.69 Å². The van der Waals surface area contributed by atoms with Gasteiger partial charge in [0.05, 0.1) is 12.7 Å². The molecule has 0 saturated carbocycles. The van der Waals surface area contributed by atoms with Gasteiger partial charge < -0.3 is 15.4 Å². The number of rotatable bonds is 4. The summed E-state index contributed by atoms with van der Waals surface area (Å²) in [6.45, 7) is 6.30. The van der Waals surface area contributed by atoms with Gasteiger partial charge in [-0.2, -0.15) is 0 Å². The van der Waals surface area contributed by atoms with Crippen LogP contribution in [0.1, 0.15) is 17.3 Å². The van der Waals surface area contributed by atoms with Crippen LogP contribution in [-0.2, 0) is 4.74 Å². The third kappa shape index (κ3) is 4.55. The van der Waals surface area contributed by atoms with Crippen molar-refractivity contribution in [2.75, 3.05) is 19.0 Å². The zero-order chi connectivity index (χ0) is 13.5. The summed E-state index contributed by atoms with van der Waals surface area (Å²) in [6.07, 6.45) is 0. The zero-order valence-electron chi connectivity index (χ0n) is 10.4. The first-order valence-corrected chi connectivity index (χ1v) is 5.81. The third-order valence-corrected chi connectivity index (χ3v) is 2.34. The summed E-state index contributed by atoms with van der Waals surface area (Å²) < 4.78 is 4.65.